The number of hydrogen-bond donors (Lipinski definition) is 1. The van der Waals surface area contributed by atoms with E-state index in [1.807, 2.05) is 31.4 Å². The minimum atomic E-state index is -0.652. The molecule has 0 unspecified atom stereocenters. The Morgan fingerprint density at radius 1 is 1.28 bits per heavy atom. The molecular weight excluding hydrogens is 342 g/mol. The van der Waals surface area contributed by atoms with Crippen LogP contribution in [0.15, 0.2) is 21.6 Å². The summed E-state index contributed by atoms with van der Waals surface area (Å²) >= 11 is 1.06. The lowest BCUT2D eigenvalue weighted by molar-refractivity contribution is -0.119. The van der Waals surface area contributed by atoms with Gasteiger partial charge >= 0.3 is 5.97 Å². The van der Waals surface area contributed by atoms with Gasteiger partial charge in [0, 0.05) is 10.6 Å². The van der Waals surface area contributed by atoms with E-state index in [4.69, 9.17) is 14.5 Å². The zero-order chi connectivity index (χ0) is 18.6. The second-order valence-corrected chi connectivity index (χ2v) is 6.31. The average molecular weight is 359 g/mol. The summed E-state index contributed by atoms with van der Waals surface area (Å²) in [6.45, 7) is 6.47. The van der Waals surface area contributed by atoms with Crippen molar-refractivity contribution in [3.05, 3.63) is 40.3 Å². The highest BCUT2D eigenvalue weighted by molar-refractivity contribution is 8.03. The average Bonchev–Trinajstić information content (AvgIpc) is 2.88. The van der Waals surface area contributed by atoms with Crippen LogP contribution >= 0.6 is 11.8 Å². The number of rotatable bonds is 5. The Morgan fingerprint density at radius 3 is 2.44 bits per heavy atom. The van der Waals surface area contributed by atoms with E-state index in [9.17, 15) is 9.59 Å². The molecule has 0 saturated heterocycles. The van der Waals surface area contributed by atoms with Crippen LogP contribution in [0.5, 0.6) is 0 Å². The van der Waals surface area contributed by atoms with Gasteiger partial charge < -0.3 is 14.6 Å². The van der Waals surface area contributed by atoms with Gasteiger partial charge in [-0.3, -0.25) is 4.79 Å². The zero-order valence-corrected chi connectivity index (χ0v) is 15.1. The van der Waals surface area contributed by atoms with Crippen molar-refractivity contribution in [1.82, 2.24) is 5.16 Å². The number of carbonyl (C=O) groups is 2. The van der Waals surface area contributed by atoms with Crippen LogP contribution in [0.4, 0.5) is 5.69 Å². The molecule has 0 aliphatic carbocycles. The molecule has 0 spiro atoms. The van der Waals surface area contributed by atoms with Crippen LogP contribution < -0.4 is 5.32 Å². The van der Waals surface area contributed by atoms with Gasteiger partial charge in [-0.05, 0) is 62.7 Å². The van der Waals surface area contributed by atoms with Gasteiger partial charge in [-0.2, -0.15) is 5.26 Å². The van der Waals surface area contributed by atoms with E-state index in [0.29, 0.717) is 17.1 Å². The fraction of sp³-hybridized carbons (Fsp3) is 0.294. The molecule has 0 aliphatic heterocycles. The van der Waals surface area contributed by atoms with E-state index < -0.39 is 18.5 Å². The first-order chi connectivity index (χ1) is 11.8. The molecule has 130 valence electrons. The van der Waals surface area contributed by atoms with Crippen LogP contribution in [0.3, 0.4) is 0 Å². The Hall–Kier alpha value is -2.79. The van der Waals surface area contributed by atoms with Crippen molar-refractivity contribution in [2.75, 3.05) is 11.9 Å². The Morgan fingerprint density at radius 2 is 1.92 bits per heavy atom. The highest BCUT2D eigenvalue weighted by atomic mass is 32.2. The third-order valence-corrected chi connectivity index (χ3v) is 4.07. The number of nitriles is 1. The highest BCUT2D eigenvalue weighted by Crippen LogP contribution is 2.27. The van der Waals surface area contributed by atoms with Gasteiger partial charge in [-0.25, -0.2) is 4.79 Å². The molecule has 8 heteroatoms. The fourth-order valence-electron chi connectivity index (χ4n) is 2.39. The molecule has 1 N–H and O–H groups in total. The Labute approximate surface area is 149 Å². The van der Waals surface area contributed by atoms with Gasteiger partial charge in [0.2, 0.25) is 0 Å². The molecule has 0 aliphatic rings. The summed E-state index contributed by atoms with van der Waals surface area (Å²) in [7, 11) is 0. The maximum Gasteiger partial charge on any atom is 0.344 e. The maximum atomic E-state index is 12.1. The van der Waals surface area contributed by atoms with Crippen molar-refractivity contribution >= 4 is 29.3 Å². The second-order valence-electron chi connectivity index (χ2n) is 5.45. The molecule has 0 saturated carbocycles. The zero-order valence-electron chi connectivity index (χ0n) is 14.3. The first-order valence-corrected chi connectivity index (χ1v) is 8.22. The van der Waals surface area contributed by atoms with E-state index in [0.717, 1.165) is 27.8 Å². The summed E-state index contributed by atoms with van der Waals surface area (Å²) in [5.41, 5.74) is 2.94. The predicted octanol–water partition coefficient (Wildman–Crippen LogP) is 3.28. The van der Waals surface area contributed by atoms with E-state index in [2.05, 4.69) is 10.5 Å². The van der Waals surface area contributed by atoms with E-state index in [-0.39, 0.29) is 5.56 Å². The Bertz CT molecular complexity index is 825. The summed E-state index contributed by atoms with van der Waals surface area (Å²) in [4.78, 5) is 24.9. The number of nitrogens with zero attached hydrogens (tertiary/aromatic N) is 2. The quantitative estimate of drug-likeness (QED) is 0.496. The van der Waals surface area contributed by atoms with Gasteiger partial charge in [-0.1, -0.05) is 5.16 Å². The van der Waals surface area contributed by atoms with Gasteiger partial charge in [-0.15, -0.1) is 0 Å². The number of nitrogens with one attached hydrogen (secondary N) is 1. The van der Waals surface area contributed by atoms with Crippen molar-refractivity contribution < 1.29 is 18.8 Å². The largest absolute Gasteiger partial charge is 0.452 e. The molecule has 0 radical (unpaired) electrons. The van der Waals surface area contributed by atoms with Crippen LogP contribution in [0.1, 0.15) is 32.9 Å². The number of aryl methyl sites for hydroxylation is 4. The summed E-state index contributed by atoms with van der Waals surface area (Å²) < 4.78 is 9.93. The molecule has 2 rings (SSSR count). The van der Waals surface area contributed by atoms with Crippen molar-refractivity contribution in [2.24, 2.45) is 0 Å². The molecule has 0 atom stereocenters. The summed E-state index contributed by atoms with van der Waals surface area (Å²) in [5, 5.41) is 17.2. The molecule has 25 heavy (non-hydrogen) atoms. The molecule has 2 aromatic rings. The summed E-state index contributed by atoms with van der Waals surface area (Å²) in [5.74, 6) is -0.757. The number of benzene rings is 1. The number of ether oxygens (including phenoxy) is 1. The molecule has 1 amide bonds. The van der Waals surface area contributed by atoms with Gasteiger partial charge in [0.15, 0.2) is 6.61 Å². The lowest BCUT2D eigenvalue weighted by atomic mass is 10.1. The minimum Gasteiger partial charge on any atom is -0.452 e. The highest BCUT2D eigenvalue weighted by Gasteiger charge is 2.20. The topological polar surface area (TPSA) is 105 Å². The van der Waals surface area contributed by atoms with Crippen LogP contribution in [-0.2, 0) is 9.53 Å². The molecule has 1 heterocycles. The molecular formula is C17H17N3O4S. The van der Waals surface area contributed by atoms with Crippen molar-refractivity contribution in [1.29, 1.82) is 5.26 Å². The minimum absolute atomic E-state index is 0.234. The van der Waals surface area contributed by atoms with Crippen LogP contribution in [0.25, 0.3) is 0 Å². The first kappa shape index (κ1) is 18.5. The standard InChI is InChI=1S/C17H17N3O4S/c1-9-5-13(25-8-18)6-10(2)16(9)19-14(21)7-23-17(22)15-11(3)20-24-12(15)4/h5-6H,7H2,1-4H3,(H,19,21). The van der Waals surface area contributed by atoms with Crippen molar-refractivity contribution in [2.45, 2.75) is 32.6 Å². The third kappa shape index (κ3) is 4.39. The second kappa shape index (κ2) is 7.85. The number of anilines is 1. The van der Waals surface area contributed by atoms with Gasteiger partial charge in [0.05, 0.1) is 5.69 Å². The molecule has 0 bridgehead atoms. The Balaban J connectivity index is 2.01. The molecule has 1 aromatic heterocycles. The monoisotopic (exact) mass is 359 g/mol. The van der Waals surface area contributed by atoms with Gasteiger partial charge in [0.25, 0.3) is 5.91 Å². The van der Waals surface area contributed by atoms with E-state index in [1.165, 1.54) is 0 Å². The number of hydrogen-bond acceptors (Lipinski definition) is 7. The number of thioether (sulfide) groups is 1. The number of amides is 1. The predicted molar refractivity (Wildman–Crippen MR) is 92.3 cm³/mol. The lowest BCUT2D eigenvalue weighted by Gasteiger charge is -2.13. The SMILES string of the molecule is Cc1cc(SC#N)cc(C)c1NC(=O)COC(=O)c1c(C)noc1C. The van der Waals surface area contributed by atoms with Crippen molar-refractivity contribution in [3.8, 4) is 5.40 Å². The normalized spacial score (nSPS) is 10.2. The maximum absolute atomic E-state index is 12.1. The van der Waals surface area contributed by atoms with Gasteiger partial charge in [0.1, 0.15) is 16.7 Å². The lowest BCUT2D eigenvalue weighted by Crippen LogP contribution is -2.22. The summed E-state index contributed by atoms with van der Waals surface area (Å²) in [6, 6.07) is 3.62. The van der Waals surface area contributed by atoms with Crippen LogP contribution in [-0.4, -0.2) is 23.6 Å². The number of carbonyl (C=O) groups excluding carboxylic acids is 2. The number of aromatic nitrogens is 1. The number of esters is 1. The fourth-order valence-corrected chi connectivity index (χ4v) is 2.96. The van der Waals surface area contributed by atoms with Crippen LogP contribution in [0, 0.1) is 38.4 Å². The van der Waals surface area contributed by atoms with E-state index >= 15 is 0 Å². The molecule has 1 aromatic carbocycles. The third-order valence-electron chi connectivity index (χ3n) is 3.51. The molecule has 0 fully saturated rings. The van der Waals surface area contributed by atoms with E-state index in [1.54, 1.807) is 13.8 Å². The van der Waals surface area contributed by atoms with Crippen LogP contribution in [0.2, 0.25) is 0 Å². The smallest absolute Gasteiger partial charge is 0.344 e. The molecule has 7 nitrogen and oxygen atoms in total. The van der Waals surface area contributed by atoms with Crippen molar-refractivity contribution in [3.63, 3.8) is 0 Å². The number of thiocyanates is 1. The summed E-state index contributed by atoms with van der Waals surface area (Å²) in [6.07, 6.45) is 0. The Kier molecular flexibility index (Phi) is 5.83. The first-order valence-electron chi connectivity index (χ1n) is 7.40.